The molecule has 7 nitrogen and oxygen atoms in total. The van der Waals surface area contributed by atoms with Crippen LogP contribution < -0.4 is 4.90 Å². The van der Waals surface area contributed by atoms with E-state index in [9.17, 15) is 5.26 Å². The van der Waals surface area contributed by atoms with Gasteiger partial charge in [-0.05, 0) is 34.9 Å². The fraction of sp³-hybridized carbons (Fsp3) is 0.281. The van der Waals surface area contributed by atoms with Gasteiger partial charge in [0.25, 0.3) is 6.02 Å². The number of ether oxygens (including phenoxy) is 1. The van der Waals surface area contributed by atoms with Gasteiger partial charge in [-0.1, -0.05) is 78.1 Å². The van der Waals surface area contributed by atoms with Crippen LogP contribution in [0.15, 0.2) is 96.1 Å². The summed E-state index contributed by atoms with van der Waals surface area (Å²) in [5.41, 5.74) is 4.70. The molecule has 0 aliphatic carbocycles. The number of aromatic nitrogens is 1. The summed E-state index contributed by atoms with van der Waals surface area (Å²) in [7, 11) is 0. The number of fused-ring (bicyclic) bond motifs is 1. The molecular formula is C32H32N6OS. The van der Waals surface area contributed by atoms with E-state index < -0.39 is 0 Å². The first kappa shape index (κ1) is 26.2. The van der Waals surface area contributed by atoms with Gasteiger partial charge in [0.2, 0.25) is 0 Å². The fourth-order valence-corrected chi connectivity index (χ4v) is 6.15. The molecule has 202 valence electrons. The van der Waals surface area contributed by atoms with Gasteiger partial charge in [0.1, 0.15) is 6.61 Å². The standard InChI is InChI=1S/C32H32N6OS/c33-16-14-28-15-17-34-31(38(28)32-35-29-8-4-5-9-30(29)40-32)39-24-27-12-10-26(11-13-27)23-37-20-18-36(19-21-37)22-25-6-2-1-3-7-25/h1-13,15,17,28H,14,18-24H2. The lowest BCUT2D eigenvalue weighted by molar-refractivity contribution is 0.122. The Hall–Kier alpha value is -4.03. The summed E-state index contributed by atoms with van der Waals surface area (Å²) in [6.07, 6.45) is 3.98. The molecule has 0 spiro atoms. The number of amidine groups is 1. The van der Waals surface area contributed by atoms with Crippen LogP contribution in [-0.2, 0) is 24.4 Å². The fourth-order valence-electron chi connectivity index (χ4n) is 5.14. The highest BCUT2D eigenvalue weighted by atomic mass is 32.1. The molecule has 3 aromatic carbocycles. The van der Waals surface area contributed by atoms with E-state index in [-0.39, 0.29) is 6.04 Å². The van der Waals surface area contributed by atoms with Crippen LogP contribution in [0.5, 0.6) is 0 Å². The third kappa shape index (κ3) is 6.23. The van der Waals surface area contributed by atoms with Crippen molar-refractivity contribution < 1.29 is 4.74 Å². The number of piperazine rings is 1. The highest BCUT2D eigenvalue weighted by Gasteiger charge is 2.28. The van der Waals surface area contributed by atoms with Gasteiger partial charge >= 0.3 is 0 Å². The molecule has 3 heterocycles. The number of hydrogen-bond donors (Lipinski definition) is 0. The monoisotopic (exact) mass is 548 g/mol. The SMILES string of the molecule is N#CCC1C=CN=C(OCc2ccc(CN3CCN(Cc4ccccc4)CC3)cc2)N1c1nc2ccccc2s1. The first-order valence-electron chi connectivity index (χ1n) is 13.7. The molecule has 40 heavy (non-hydrogen) atoms. The molecule has 8 heteroatoms. The molecule has 2 aliphatic rings. The van der Waals surface area contributed by atoms with Gasteiger partial charge in [-0.25, -0.2) is 9.98 Å². The number of anilines is 1. The Labute approximate surface area is 239 Å². The first-order chi connectivity index (χ1) is 19.7. The molecule has 0 N–H and O–H groups in total. The maximum Gasteiger partial charge on any atom is 0.299 e. The van der Waals surface area contributed by atoms with E-state index in [1.165, 1.54) is 11.1 Å². The van der Waals surface area contributed by atoms with Crippen molar-refractivity contribution in [1.82, 2.24) is 14.8 Å². The molecule has 0 radical (unpaired) electrons. The molecule has 0 saturated carbocycles. The third-order valence-electron chi connectivity index (χ3n) is 7.33. The molecule has 1 saturated heterocycles. The zero-order valence-electron chi connectivity index (χ0n) is 22.4. The van der Waals surface area contributed by atoms with Crippen molar-refractivity contribution in [3.63, 3.8) is 0 Å². The maximum absolute atomic E-state index is 9.42. The van der Waals surface area contributed by atoms with Gasteiger partial charge in [-0.2, -0.15) is 5.26 Å². The van der Waals surface area contributed by atoms with E-state index in [4.69, 9.17) is 9.72 Å². The summed E-state index contributed by atoms with van der Waals surface area (Å²) >= 11 is 1.58. The second-order valence-electron chi connectivity index (χ2n) is 10.2. The number of thiazole rings is 1. The number of hydrogen-bond acceptors (Lipinski definition) is 8. The Balaban J connectivity index is 1.05. The van der Waals surface area contributed by atoms with Gasteiger partial charge in [0.05, 0.1) is 28.7 Å². The Morgan fingerprint density at radius 2 is 1.48 bits per heavy atom. The first-order valence-corrected chi connectivity index (χ1v) is 14.5. The molecule has 2 aliphatic heterocycles. The summed E-state index contributed by atoms with van der Waals surface area (Å²) in [6, 6.07) is 30.0. The predicted molar refractivity (Wildman–Crippen MR) is 161 cm³/mol. The topological polar surface area (TPSA) is 68.0 Å². The van der Waals surface area contributed by atoms with E-state index >= 15 is 0 Å². The molecule has 1 unspecified atom stereocenters. The van der Waals surface area contributed by atoms with Crippen molar-refractivity contribution in [2.45, 2.75) is 32.2 Å². The van der Waals surface area contributed by atoms with E-state index in [1.54, 1.807) is 17.5 Å². The predicted octanol–water partition coefficient (Wildman–Crippen LogP) is 5.80. The summed E-state index contributed by atoms with van der Waals surface area (Å²) in [5.74, 6) is 0. The van der Waals surface area contributed by atoms with E-state index in [1.807, 2.05) is 29.2 Å². The molecule has 4 aromatic rings. The number of nitrogens with zero attached hydrogens (tertiary/aromatic N) is 6. The van der Waals surface area contributed by atoms with Crippen LogP contribution in [0.25, 0.3) is 10.2 Å². The quantitative estimate of drug-likeness (QED) is 0.277. The summed E-state index contributed by atoms with van der Waals surface area (Å²) in [5, 5.41) is 10.2. The molecule has 6 rings (SSSR count). The Bertz CT molecular complexity index is 1480. The smallest absolute Gasteiger partial charge is 0.299 e. The number of para-hydroxylation sites is 1. The molecule has 1 atom stereocenters. The van der Waals surface area contributed by atoms with Crippen molar-refractivity contribution in [1.29, 1.82) is 5.26 Å². The average Bonchev–Trinajstić information content (AvgIpc) is 3.42. The molecule has 1 fully saturated rings. The van der Waals surface area contributed by atoms with Crippen LogP contribution in [0.4, 0.5) is 5.13 Å². The lowest BCUT2D eigenvalue weighted by atomic mass is 10.1. The minimum Gasteiger partial charge on any atom is -0.460 e. The van der Waals surface area contributed by atoms with E-state index in [0.717, 1.165) is 60.2 Å². The Morgan fingerprint density at radius 3 is 2.17 bits per heavy atom. The van der Waals surface area contributed by atoms with Crippen molar-refractivity contribution in [2.24, 2.45) is 4.99 Å². The van der Waals surface area contributed by atoms with Crippen molar-refractivity contribution in [3.8, 4) is 6.07 Å². The van der Waals surface area contributed by atoms with Crippen LogP contribution >= 0.6 is 11.3 Å². The van der Waals surface area contributed by atoms with Crippen molar-refractivity contribution in [3.05, 3.63) is 108 Å². The number of aliphatic imine (C=N–C) groups is 1. The van der Waals surface area contributed by atoms with Gasteiger partial charge in [-0.3, -0.25) is 14.7 Å². The molecular weight excluding hydrogens is 516 g/mol. The Kier molecular flexibility index (Phi) is 8.15. The normalized spacial score (nSPS) is 18.0. The van der Waals surface area contributed by atoms with Crippen LogP contribution in [0.2, 0.25) is 0 Å². The van der Waals surface area contributed by atoms with Crippen molar-refractivity contribution >= 4 is 32.7 Å². The molecule has 0 amide bonds. The second-order valence-corrected chi connectivity index (χ2v) is 11.2. The minimum atomic E-state index is -0.173. The zero-order valence-corrected chi connectivity index (χ0v) is 23.2. The molecule has 0 bridgehead atoms. The summed E-state index contributed by atoms with van der Waals surface area (Å²) < 4.78 is 7.32. The van der Waals surface area contributed by atoms with Gasteiger partial charge in [0, 0.05) is 45.5 Å². The zero-order chi connectivity index (χ0) is 27.1. The lowest BCUT2D eigenvalue weighted by Gasteiger charge is -2.34. The van der Waals surface area contributed by atoms with E-state index in [0.29, 0.717) is 19.0 Å². The van der Waals surface area contributed by atoms with Crippen LogP contribution in [-0.4, -0.2) is 53.0 Å². The van der Waals surface area contributed by atoms with Crippen LogP contribution in [0.3, 0.4) is 0 Å². The number of benzene rings is 3. The lowest BCUT2D eigenvalue weighted by Crippen LogP contribution is -2.45. The maximum atomic E-state index is 9.42. The van der Waals surface area contributed by atoms with Gasteiger partial charge in [0.15, 0.2) is 5.13 Å². The minimum absolute atomic E-state index is 0.173. The molecule has 1 aromatic heterocycles. The summed E-state index contributed by atoms with van der Waals surface area (Å²) in [4.78, 5) is 16.3. The van der Waals surface area contributed by atoms with Crippen LogP contribution in [0, 0.1) is 11.3 Å². The Morgan fingerprint density at radius 1 is 0.825 bits per heavy atom. The van der Waals surface area contributed by atoms with E-state index in [2.05, 4.69) is 81.5 Å². The second kappa shape index (κ2) is 12.4. The highest BCUT2D eigenvalue weighted by molar-refractivity contribution is 7.22. The number of rotatable bonds is 8. The largest absolute Gasteiger partial charge is 0.460 e. The third-order valence-corrected chi connectivity index (χ3v) is 8.37. The number of nitriles is 1. The highest BCUT2D eigenvalue weighted by Crippen LogP contribution is 2.32. The van der Waals surface area contributed by atoms with Gasteiger partial charge in [-0.15, -0.1) is 0 Å². The van der Waals surface area contributed by atoms with Crippen LogP contribution in [0.1, 0.15) is 23.1 Å². The van der Waals surface area contributed by atoms with Gasteiger partial charge < -0.3 is 4.74 Å². The summed E-state index contributed by atoms with van der Waals surface area (Å²) in [6.45, 7) is 6.72. The van der Waals surface area contributed by atoms with Crippen molar-refractivity contribution in [2.75, 3.05) is 31.1 Å². The average molecular weight is 549 g/mol.